The highest BCUT2D eigenvalue weighted by atomic mass is 16.3. The zero-order valence-electron chi connectivity index (χ0n) is 18.7. The van der Waals surface area contributed by atoms with E-state index in [9.17, 15) is 0 Å². The molecule has 34 heavy (non-hydrogen) atoms. The molecule has 0 spiro atoms. The molecule has 1 nitrogen and oxygen atoms in total. The minimum absolute atomic E-state index is 0.851. The molecule has 2 aliphatic carbocycles. The van der Waals surface area contributed by atoms with Crippen LogP contribution in [0.25, 0.3) is 56.0 Å². The topological polar surface area (TPSA) is 11.3 Å². The SMILES string of the molecule is c1ccc(-c2cc(-c3ccc4cccccc3-4)c(-c3ccccc3)c(-c3ccccc3)[o+]2)cc1. The van der Waals surface area contributed by atoms with Crippen LogP contribution in [0.4, 0.5) is 0 Å². The van der Waals surface area contributed by atoms with E-state index in [1.165, 1.54) is 16.7 Å². The lowest BCUT2D eigenvalue weighted by Gasteiger charge is -2.11. The van der Waals surface area contributed by atoms with Gasteiger partial charge in [0.1, 0.15) is 0 Å². The fraction of sp³-hybridized carbons (Fsp3) is 0. The van der Waals surface area contributed by atoms with E-state index in [1.54, 1.807) is 0 Å². The van der Waals surface area contributed by atoms with E-state index < -0.39 is 0 Å². The van der Waals surface area contributed by atoms with Crippen LogP contribution in [0.2, 0.25) is 0 Å². The van der Waals surface area contributed by atoms with Crippen molar-refractivity contribution in [1.82, 2.24) is 0 Å². The van der Waals surface area contributed by atoms with Crippen LogP contribution >= 0.6 is 0 Å². The predicted octanol–water partition coefficient (Wildman–Crippen LogP) is 9.33. The molecule has 2 aliphatic rings. The van der Waals surface area contributed by atoms with Crippen molar-refractivity contribution in [2.45, 2.75) is 0 Å². The largest absolute Gasteiger partial charge is 0.369 e. The van der Waals surface area contributed by atoms with Gasteiger partial charge < -0.3 is 0 Å². The summed E-state index contributed by atoms with van der Waals surface area (Å²) in [5.41, 5.74) is 9.17. The molecule has 160 valence electrons. The summed E-state index contributed by atoms with van der Waals surface area (Å²) in [7, 11) is 0. The molecule has 3 aromatic carbocycles. The first-order valence-corrected chi connectivity index (χ1v) is 11.5. The molecule has 0 bridgehead atoms. The first-order chi connectivity index (χ1) is 16.9. The highest BCUT2D eigenvalue weighted by molar-refractivity contribution is 5.98. The fourth-order valence-corrected chi connectivity index (χ4v) is 4.61. The zero-order chi connectivity index (χ0) is 22.7. The minimum Gasteiger partial charge on any atom is -0.206 e. The maximum absolute atomic E-state index is 6.70. The van der Waals surface area contributed by atoms with Crippen LogP contribution in [0.15, 0.2) is 144 Å². The minimum atomic E-state index is 0.851. The summed E-state index contributed by atoms with van der Waals surface area (Å²) in [6, 6.07) is 48.6. The number of hydrogen-bond donors (Lipinski definition) is 0. The summed E-state index contributed by atoms with van der Waals surface area (Å²) >= 11 is 0. The van der Waals surface area contributed by atoms with Crippen molar-refractivity contribution in [3.05, 3.63) is 140 Å². The Morgan fingerprint density at radius 1 is 0.353 bits per heavy atom. The molecule has 0 unspecified atom stereocenters. The lowest BCUT2D eigenvalue weighted by Crippen LogP contribution is -1.93. The van der Waals surface area contributed by atoms with E-state index in [-0.39, 0.29) is 0 Å². The Hall–Kier alpha value is -4.49. The standard InChI is InChI=1S/C33H23O/c1-6-14-25(15-7-1)31-23-30(29-22-21-24-13-5-4-12-20-28(24)29)32(26-16-8-2-9-17-26)33(34-31)27-18-10-3-11-19-27/h1-23H/q+1. The number of hydrogen-bond acceptors (Lipinski definition) is 0. The summed E-state index contributed by atoms with van der Waals surface area (Å²) in [6.07, 6.45) is 0. The van der Waals surface area contributed by atoms with E-state index in [0.717, 1.165) is 39.3 Å². The van der Waals surface area contributed by atoms with Crippen LogP contribution in [-0.2, 0) is 0 Å². The van der Waals surface area contributed by atoms with Crippen molar-refractivity contribution >= 4 is 0 Å². The third kappa shape index (κ3) is 3.68. The molecule has 4 aromatic rings. The Labute approximate surface area is 200 Å². The van der Waals surface area contributed by atoms with E-state index in [4.69, 9.17) is 4.42 Å². The molecule has 0 fully saturated rings. The molecule has 0 saturated carbocycles. The first-order valence-electron chi connectivity index (χ1n) is 11.5. The van der Waals surface area contributed by atoms with Crippen molar-refractivity contribution in [2.24, 2.45) is 0 Å². The Bertz CT molecular complexity index is 1520. The van der Waals surface area contributed by atoms with Crippen LogP contribution in [0.1, 0.15) is 0 Å². The smallest absolute Gasteiger partial charge is 0.206 e. The van der Waals surface area contributed by atoms with Gasteiger partial charge in [-0.1, -0.05) is 109 Å². The van der Waals surface area contributed by atoms with Crippen LogP contribution < -0.4 is 0 Å². The summed E-state index contributed by atoms with van der Waals surface area (Å²) in [5, 5.41) is 0. The maximum atomic E-state index is 6.70. The lowest BCUT2D eigenvalue weighted by molar-refractivity contribution is 0.584. The highest BCUT2D eigenvalue weighted by Gasteiger charge is 2.29. The molecule has 6 rings (SSSR count). The number of benzene rings is 3. The van der Waals surface area contributed by atoms with Gasteiger partial charge >= 0.3 is 11.5 Å². The molecule has 1 heteroatoms. The van der Waals surface area contributed by atoms with Gasteiger partial charge in [0.2, 0.25) is 0 Å². The van der Waals surface area contributed by atoms with Crippen molar-refractivity contribution in [1.29, 1.82) is 0 Å². The van der Waals surface area contributed by atoms with E-state index >= 15 is 0 Å². The molecular weight excluding hydrogens is 412 g/mol. The zero-order valence-corrected chi connectivity index (χ0v) is 18.7. The second-order valence-corrected chi connectivity index (χ2v) is 8.35. The van der Waals surface area contributed by atoms with Crippen LogP contribution in [0, 0.1) is 0 Å². The Kier molecular flexibility index (Phi) is 5.21. The van der Waals surface area contributed by atoms with Crippen molar-refractivity contribution in [3.63, 3.8) is 0 Å². The Balaban J connectivity index is 1.73. The van der Waals surface area contributed by atoms with Gasteiger partial charge in [-0.05, 0) is 46.5 Å². The van der Waals surface area contributed by atoms with Gasteiger partial charge in [-0.3, -0.25) is 0 Å². The van der Waals surface area contributed by atoms with Crippen LogP contribution in [-0.4, -0.2) is 0 Å². The summed E-state index contributed by atoms with van der Waals surface area (Å²) in [6.45, 7) is 0. The maximum Gasteiger partial charge on any atom is 0.369 e. The van der Waals surface area contributed by atoms with Gasteiger partial charge in [-0.2, -0.15) is 0 Å². The third-order valence-corrected chi connectivity index (χ3v) is 6.22. The quantitative estimate of drug-likeness (QED) is 0.251. The van der Waals surface area contributed by atoms with Gasteiger partial charge in [0.05, 0.1) is 22.8 Å². The van der Waals surface area contributed by atoms with Gasteiger partial charge in [0.25, 0.3) is 0 Å². The van der Waals surface area contributed by atoms with Gasteiger partial charge in [-0.25, -0.2) is 4.42 Å². The van der Waals surface area contributed by atoms with Crippen molar-refractivity contribution in [2.75, 3.05) is 0 Å². The van der Waals surface area contributed by atoms with Crippen LogP contribution in [0.5, 0.6) is 0 Å². The first kappa shape index (κ1) is 20.1. The van der Waals surface area contributed by atoms with E-state index in [1.807, 2.05) is 12.1 Å². The van der Waals surface area contributed by atoms with Crippen LogP contribution in [0.3, 0.4) is 0 Å². The van der Waals surface area contributed by atoms with Gasteiger partial charge in [0.15, 0.2) is 0 Å². The normalized spacial score (nSPS) is 10.9. The van der Waals surface area contributed by atoms with Crippen molar-refractivity contribution < 1.29 is 4.42 Å². The Morgan fingerprint density at radius 2 is 0.882 bits per heavy atom. The average Bonchev–Trinajstić information content (AvgIpc) is 3.17. The van der Waals surface area contributed by atoms with Gasteiger partial charge in [-0.15, -0.1) is 0 Å². The summed E-state index contributed by atoms with van der Waals surface area (Å²) in [5.74, 6) is 1.72. The third-order valence-electron chi connectivity index (χ3n) is 6.22. The summed E-state index contributed by atoms with van der Waals surface area (Å²) in [4.78, 5) is 0. The highest BCUT2D eigenvalue weighted by Crippen LogP contribution is 2.46. The molecule has 0 aliphatic heterocycles. The van der Waals surface area contributed by atoms with Gasteiger partial charge in [0, 0.05) is 5.56 Å². The monoisotopic (exact) mass is 435 g/mol. The molecule has 0 N–H and O–H groups in total. The molecule has 0 radical (unpaired) electrons. The molecule has 1 aromatic heterocycles. The summed E-state index contributed by atoms with van der Waals surface area (Å²) < 4.78 is 6.70. The fourth-order valence-electron chi connectivity index (χ4n) is 4.61. The second kappa shape index (κ2) is 8.80. The number of fused-ring (bicyclic) bond motifs is 1. The average molecular weight is 436 g/mol. The Morgan fingerprint density at radius 3 is 1.53 bits per heavy atom. The molecule has 1 heterocycles. The van der Waals surface area contributed by atoms with E-state index in [0.29, 0.717) is 0 Å². The lowest BCUT2D eigenvalue weighted by atomic mass is 9.90. The number of rotatable bonds is 4. The molecular formula is C33H23O+. The molecule has 0 atom stereocenters. The second-order valence-electron chi connectivity index (χ2n) is 8.35. The predicted molar refractivity (Wildman–Crippen MR) is 141 cm³/mol. The van der Waals surface area contributed by atoms with Crippen molar-refractivity contribution in [3.8, 4) is 56.0 Å². The molecule has 0 saturated heterocycles. The van der Waals surface area contributed by atoms with E-state index in [2.05, 4.69) is 127 Å². The molecule has 0 amide bonds.